The minimum absolute atomic E-state index is 0. The summed E-state index contributed by atoms with van der Waals surface area (Å²) in [7, 11) is 0. The summed E-state index contributed by atoms with van der Waals surface area (Å²) in [4.78, 5) is 37.5. The Morgan fingerprint density at radius 3 is 2.40 bits per heavy atom. The lowest BCUT2D eigenvalue weighted by Gasteiger charge is -2.36. The lowest BCUT2D eigenvalue weighted by atomic mass is 10.2. The highest BCUT2D eigenvalue weighted by Gasteiger charge is 2.20. The third-order valence-corrected chi connectivity index (χ3v) is 5.85. The first kappa shape index (κ1) is 24.1. The molecule has 0 unspecified atom stereocenters. The Morgan fingerprint density at radius 2 is 1.71 bits per heavy atom. The van der Waals surface area contributed by atoms with Crippen molar-refractivity contribution in [3.8, 4) is 11.4 Å². The van der Waals surface area contributed by atoms with Crippen LogP contribution in [-0.4, -0.2) is 63.7 Å². The van der Waals surface area contributed by atoms with Gasteiger partial charge in [0, 0.05) is 43.1 Å². The molecule has 35 heavy (non-hydrogen) atoms. The highest BCUT2D eigenvalue weighted by atomic mass is 35.5. The van der Waals surface area contributed by atoms with E-state index in [1.807, 2.05) is 54.6 Å². The van der Waals surface area contributed by atoms with E-state index in [1.165, 1.54) is 6.20 Å². The lowest BCUT2D eigenvalue weighted by Crippen LogP contribution is -2.50. The maximum atomic E-state index is 12.5. The molecule has 10 nitrogen and oxygen atoms in total. The first-order valence-electron chi connectivity index (χ1n) is 11.0. The molecule has 0 aliphatic carbocycles. The Labute approximate surface area is 207 Å². The van der Waals surface area contributed by atoms with Crippen LogP contribution in [0.4, 0.5) is 17.2 Å². The second-order valence-electron chi connectivity index (χ2n) is 7.97. The number of amides is 1. The van der Waals surface area contributed by atoms with Gasteiger partial charge in [0.1, 0.15) is 16.7 Å². The minimum atomic E-state index is -0.360. The summed E-state index contributed by atoms with van der Waals surface area (Å²) in [6, 6.07) is 17.5. The first-order valence-corrected chi connectivity index (χ1v) is 11.0. The molecule has 1 fully saturated rings. The van der Waals surface area contributed by atoms with Crippen LogP contribution in [0.1, 0.15) is 0 Å². The minimum Gasteiger partial charge on any atom is -0.368 e. The molecule has 0 atom stereocenters. The molecule has 180 valence electrons. The Hall–Kier alpha value is -4.02. The normalized spacial score (nSPS) is 13.4. The maximum absolute atomic E-state index is 12.5. The molecule has 5 rings (SSSR count). The van der Waals surface area contributed by atoms with Gasteiger partial charge in [0.15, 0.2) is 5.82 Å². The number of carbonyl (C=O) groups excluding carboxylic acids is 1. The van der Waals surface area contributed by atoms with Gasteiger partial charge in [0.2, 0.25) is 5.91 Å². The van der Waals surface area contributed by atoms with E-state index in [0.29, 0.717) is 35.6 Å². The number of hydrogen-bond acceptors (Lipinski definition) is 8. The number of halogens is 1. The first-order chi connectivity index (χ1) is 16.6. The van der Waals surface area contributed by atoms with Gasteiger partial charge in [-0.3, -0.25) is 9.59 Å². The molecule has 1 aliphatic heterocycles. The Kier molecular flexibility index (Phi) is 7.23. The van der Waals surface area contributed by atoms with E-state index in [2.05, 4.69) is 30.4 Å². The molecule has 3 heterocycles. The fourth-order valence-corrected chi connectivity index (χ4v) is 4.05. The van der Waals surface area contributed by atoms with Gasteiger partial charge in [0.05, 0.1) is 12.7 Å². The summed E-state index contributed by atoms with van der Waals surface area (Å²) < 4.78 is 0. The number of nitrogens with one attached hydrogen (secondary N) is 2. The molecular formula is C24H25ClN8O2. The molecular weight excluding hydrogens is 468 g/mol. The van der Waals surface area contributed by atoms with Crippen molar-refractivity contribution in [1.29, 1.82) is 0 Å². The number of carbonyl (C=O) groups is 1. The summed E-state index contributed by atoms with van der Waals surface area (Å²) in [6.45, 7) is 2.85. The van der Waals surface area contributed by atoms with E-state index in [9.17, 15) is 9.59 Å². The molecule has 1 amide bonds. The van der Waals surface area contributed by atoms with Gasteiger partial charge in [-0.15, -0.1) is 12.4 Å². The topological polar surface area (TPSA) is 133 Å². The zero-order valence-electron chi connectivity index (χ0n) is 18.8. The molecule has 4 aromatic rings. The van der Waals surface area contributed by atoms with Crippen molar-refractivity contribution in [2.24, 2.45) is 5.73 Å². The van der Waals surface area contributed by atoms with Crippen LogP contribution in [0.25, 0.3) is 22.3 Å². The van der Waals surface area contributed by atoms with Crippen LogP contribution in [0, 0.1) is 0 Å². The molecule has 1 aliphatic rings. The fraction of sp³-hybridized carbons (Fsp3) is 0.208. The summed E-state index contributed by atoms with van der Waals surface area (Å²) >= 11 is 0. The number of piperazine rings is 1. The third-order valence-electron chi connectivity index (χ3n) is 5.85. The van der Waals surface area contributed by atoms with Gasteiger partial charge in [-0.05, 0) is 24.3 Å². The van der Waals surface area contributed by atoms with Gasteiger partial charge in [-0.1, -0.05) is 30.3 Å². The second kappa shape index (κ2) is 10.5. The molecule has 4 N–H and O–H groups in total. The number of H-pyrrole nitrogens is 1. The van der Waals surface area contributed by atoms with Crippen molar-refractivity contribution in [3.05, 3.63) is 71.1 Å². The Balaban J connectivity index is 0.00000289. The van der Waals surface area contributed by atoms with E-state index in [4.69, 9.17) is 5.73 Å². The number of fused-ring (bicyclic) bond motifs is 1. The van der Waals surface area contributed by atoms with Crippen LogP contribution in [0.3, 0.4) is 0 Å². The zero-order chi connectivity index (χ0) is 23.5. The summed E-state index contributed by atoms with van der Waals surface area (Å²) in [5.41, 5.74) is 8.26. The predicted octanol–water partition coefficient (Wildman–Crippen LogP) is 2.15. The molecule has 2 aromatic heterocycles. The highest BCUT2D eigenvalue weighted by molar-refractivity contribution is 5.91. The van der Waals surface area contributed by atoms with Crippen molar-refractivity contribution < 1.29 is 4.79 Å². The molecule has 0 saturated carbocycles. The molecule has 0 spiro atoms. The van der Waals surface area contributed by atoms with Gasteiger partial charge >= 0.3 is 0 Å². The number of aromatic nitrogens is 4. The van der Waals surface area contributed by atoms with Gasteiger partial charge < -0.3 is 20.9 Å². The summed E-state index contributed by atoms with van der Waals surface area (Å²) in [6.07, 6.45) is 1.52. The van der Waals surface area contributed by atoms with Crippen molar-refractivity contribution >= 4 is 46.4 Å². The average Bonchev–Trinajstić information content (AvgIpc) is 2.89. The lowest BCUT2D eigenvalue weighted by molar-refractivity contribution is -0.129. The highest BCUT2D eigenvalue weighted by Crippen LogP contribution is 2.26. The van der Waals surface area contributed by atoms with Gasteiger partial charge in [-0.25, -0.2) is 15.1 Å². The SMILES string of the molecule is Cl.NCC(=O)N1CCN(c2ccc(Nc3nc(-c4ccccc4)nc4cn[nH]c(=O)c34)cc2)CC1. The van der Waals surface area contributed by atoms with Crippen LogP contribution in [-0.2, 0) is 4.79 Å². The summed E-state index contributed by atoms with van der Waals surface area (Å²) in [5.74, 6) is 0.898. The second-order valence-corrected chi connectivity index (χ2v) is 7.97. The van der Waals surface area contributed by atoms with Crippen molar-refractivity contribution in [3.63, 3.8) is 0 Å². The van der Waals surface area contributed by atoms with Crippen molar-refractivity contribution in [2.75, 3.05) is 42.9 Å². The quantitative estimate of drug-likeness (QED) is 0.386. The monoisotopic (exact) mass is 492 g/mol. The Morgan fingerprint density at radius 1 is 1.00 bits per heavy atom. The summed E-state index contributed by atoms with van der Waals surface area (Å²) in [5, 5.41) is 9.97. The molecule has 11 heteroatoms. The predicted molar refractivity (Wildman–Crippen MR) is 138 cm³/mol. The van der Waals surface area contributed by atoms with Crippen LogP contribution >= 0.6 is 12.4 Å². The van der Waals surface area contributed by atoms with Crippen LogP contribution in [0.5, 0.6) is 0 Å². The molecule has 0 radical (unpaired) electrons. The number of anilines is 3. The maximum Gasteiger partial charge on any atom is 0.277 e. The van der Waals surface area contributed by atoms with Gasteiger partial charge in [-0.2, -0.15) is 5.10 Å². The number of nitrogens with zero attached hydrogens (tertiary/aromatic N) is 5. The molecule has 1 saturated heterocycles. The number of nitrogens with two attached hydrogens (primary N) is 1. The van der Waals surface area contributed by atoms with Crippen LogP contribution in [0.2, 0.25) is 0 Å². The van der Waals surface area contributed by atoms with E-state index >= 15 is 0 Å². The van der Waals surface area contributed by atoms with Crippen LogP contribution in [0.15, 0.2) is 65.6 Å². The largest absolute Gasteiger partial charge is 0.368 e. The van der Waals surface area contributed by atoms with E-state index in [0.717, 1.165) is 30.0 Å². The number of hydrogen-bond donors (Lipinski definition) is 3. The van der Waals surface area contributed by atoms with E-state index in [1.54, 1.807) is 4.90 Å². The van der Waals surface area contributed by atoms with Crippen LogP contribution < -0.4 is 21.5 Å². The zero-order valence-corrected chi connectivity index (χ0v) is 19.7. The number of benzene rings is 2. The smallest absolute Gasteiger partial charge is 0.277 e. The van der Waals surface area contributed by atoms with E-state index < -0.39 is 0 Å². The standard InChI is InChI=1S/C24H24N8O2.ClH/c25-14-20(33)32-12-10-31(11-13-32)18-8-6-17(7-9-18)27-23-21-19(15-26-30-24(21)34)28-22(29-23)16-4-2-1-3-5-16;/h1-9,15H,10-14,25H2,(H,30,34)(H,27,28,29);1H. The average molecular weight is 493 g/mol. The van der Waals surface area contributed by atoms with Crippen molar-refractivity contribution in [1.82, 2.24) is 25.1 Å². The van der Waals surface area contributed by atoms with E-state index in [-0.39, 0.29) is 30.4 Å². The van der Waals surface area contributed by atoms with Crippen molar-refractivity contribution in [2.45, 2.75) is 0 Å². The number of aromatic amines is 1. The third kappa shape index (κ3) is 5.08. The Bertz CT molecular complexity index is 1370. The number of rotatable bonds is 5. The van der Waals surface area contributed by atoms with Gasteiger partial charge in [0.25, 0.3) is 5.56 Å². The molecule has 2 aromatic carbocycles. The fourth-order valence-electron chi connectivity index (χ4n) is 4.05. The molecule has 0 bridgehead atoms.